The predicted octanol–water partition coefficient (Wildman–Crippen LogP) is 5.07. The van der Waals surface area contributed by atoms with E-state index in [1.54, 1.807) is 25.1 Å². The maximum absolute atomic E-state index is 13.3. The van der Waals surface area contributed by atoms with Crippen LogP contribution in [0.1, 0.15) is 12.0 Å². The number of rotatable bonds is 6. The van der Waals surface area contributed by atoms with E-state index in [9.17, 15) is 19.7 Å². The molecule has 2 amide bonds. The number of para-hydroxylation sites is 2. The van der Waals surface area contributed by atoms with Crippen molar-refractivity contribution in [1.82, 2.24) is 0 Å². The molecule has 33 heavy (non-hydrogen) atoms. The molecule has 166 valence electrons. The van der Waals surface area contributed by atoms with Crippen molar-refractivity contribution in [3.63, 3.8) is 0 Å². The summed E-state index contributed by atoms with van der Waals surface area (Å²) >= 11 is 1.20. The summed E-state index contributed by atoms with van der Waals surface area (Å²) in [4.78, 5) is 42.9. The molecule has 1 atom stereocenters. The topological polar surface area (TPSA) is 105 Å². The van der Waals surface area contributed by atoms with Crippen molar-refractivity contribution in [2.75, 3.05) is 10.2 Å². The zero-order chi connectivity index (χ0) is 23.4. The van der Waals surface area contributed by atoms with Gasteiger partial charge in [-0.05, 0) is 42.8 Å². The Hall–Kier alpha value is -3.98. The van der Waals surface area contributed by atoms with E-state index in [0.717, 1.165) is 0 Å². The lowest BCUT2D eigenvalue weighted by atomic mass is 10.2. The predicted molar refractivity (Wildman–Crippen MR) is 130 cm³/mol. The van der Waals surface area contributed by atoms with E-state index in [0.29, 0.717) is 22.1 Å². The molecule has 0 unspecified atom stereocenters. The number of amidine groups is 1. The van der Waals surface area contributed by atoms with Gasteiger partial charge in [0.25, 0.3) is 5.69 Å². The van der Waals surface area contributed by atoms with E-state index >= 15 is 0 Å². The fourth-order valence-electron chi connectivity index (χ4n) is 3.37. The number of amides is 2. The van der Waals surface area contributed by atoms with Crippen molar-refractivity contribution in [3.8, 4) is 0 Å². The van der Waals surface area contributed by atoms with Gasteiger partial charge in [0.1, 0.15) is 10.9 Å². The van der Waals surface area contributed by atoms with E-state index < -0.39 is 16.1 Å². The lowest BCUT2D eigenvalue weighted by Gasteiger charge is -2.16. The van der Waals surface area contributed by atoms with E-state index in [1.165, 1.54) is 28.8 Å². The van der Waals surface area contributed by atoms with Crippen molar-refractivity contribution in [1.29, 1.82) is 0 Å². The first-order valence-corrected chi connectivity index (χ1v) is 11.0. The number of thioether (sulfide) groups is 1. The van der Waals surface area contributed by atoms with Gasteiger partial charge in [-0.1, -0.05) is 54.2 Å². The number of benzene rings is 3. The molecule has 0 bridgehead atoms. The fraction of sp³-hybridized carbons (Fsp3) is 0.125. The molecule has 3 aromatic carbocycles. The summed E-state index contributed by atoms with van der Waals surface area (Å²) in [6.07, 6.45) is -0.147. The molecule has 0 saturated carbocycles. The van der Waals surface area contributed by atoms with Crippen LogP contribution in [0.2, 0.25) is 0 Å². The Morgan fingerprint density at radius 3 is 2.42 bits per heavy atom. The summed E-state index contributed by atoms with van der Waals surface area (Å²) in [5.74, 6) is -0.754. The van der Waals surface area contributed by atoms with Gasteiger partial charge in [-0.2, -0.15) is 0 Å². The first-order valence-electron chi connectivity index (χ1n) is 10.2. The largest absolute Gasteiger partial charge is 0.320 e. The van der Waals surface area contributed by atoms with Crippen LogP contribution in [0, 0.1) is 17.0 Å². The second-order valence-corrected chi connectivity index (χ2v) is 8.55. The van der Waals surface area contributed by atoms with Gasteiger partial charge in [0, 0.05) is 12.5 Å². The SMILES string of the molecule is Cc1ccc(NC(=O)C[C@H]2SC(=Nc3ccccc3)N(c3ccccc3)C2=O)c([N+](=O)[O-])c1. The van der Waals surface area contributed by atoms with Gasteiger partial charge in [0.15, 0.2) is 5.17 Å². The third kappa shape index (κ3) is 5.09. The summed E-state index contributed by atoms with van der Waals surface area (Å²) in [7, 11) is 0. The number of hydrogen-bond acceptors (Lipinski definition) is 6. The Bertz CT molecular complexity index is 1230. The number of aryl methyl sites for hydroxylation is 1. The Labute approximate surface area is 194 Å². The summed E-state index contributed by atoms with van der Waals surface area (Å²) in [6, 6.07) is 22.9. The zero-order valence-corrected chi connectivity index (χ0v) is 18.5. The van der Waals surface area contributed by atoms with Gasteiger partial charge in [0.2, 0.25) is 11.8 Å². The maximum atomic E-state index is 13.3. The summed E-state index contributed by atoms with van der Waals surface area (Å²) < 4.78 is 0. The molecular weight excluding hydrogens is 440 g/mol. The second-order valence-electron chi connectivity index (χ2n) is 7.38. The quantitative estimate of drug-likeness (QED) is 0.409. The molecule has 4 rings (SSSR count). The molecule has 0 radical (unpaired) electrons. The maximum Gasteiger partial charge on any atom is 0.293 e. The van der Waals surface area contributed by atoms with Crippen LogP contribution in [0.4, 0.5) is 22.7 Å². The fourth-order valence-corrected chi connectivity index (χ4v) is 4.52. The van der Waals surface area contributed by atoms with Crippen LogP contribution in [-0.2, 0) is 9.59 Å². The second kappa shape index (κ2) is 9.66. The highest BCUT2D eigenvalue weighted by Gasteiger charge is 2.40. The van der Waals surface area contributed by atoms with Gasteiger partial charge in [-0.25, -0.2) is 4.99 Å². The van der Waals surface area contributed by atoms with Crippen LogP contribution in [0.5, 0.6) is 0 Å². The Morgan fingerprint density at radius 2 is 1.76 bits per heavy atom. The van der Waals surface area contributed by atoms with Crippen molar-refractivity contribution in [3.05, 3.63) is 94.5 Å². The molecule has 0 spiro atoms. The van der Waals surface area contributed by atoms with E-state index in [1.807, 2.05) is 48.5 Å². The third-order valence-corrected chi connectivity index (χ3v) is 6.06. The number of hydrogen-bond donors (Lipinski definition) is 1. The summed E-state index contributed by atoms with van der Waals surface area (Å²) in [5, 5.41) is 13.7. The molecule has 1 N–H and O–H groups in total. The number of nitrogens with one attached hydrogen (secondary N) is 1. The molecule has 0 aromatic heterocycles. The number of nitrogens with zero attached hydrogens (tertiary/aromatic N) is 3. The van der Waals surface area contributed by atoms with Crippen LogP contribution < -0.4 is 10.2 Å². The van der Waals surface area contributed by atoms with Gasteiger partial charge >= 0.3 is 0 Å². The van der Waals surface area contributed by atoms with Gasteiger partial charge in [0.05, 0.1) is 16.3 Å². The standard InChI is InChI=1S/C24H20N4O4S/c1-16-12-13-19(20(14-16)28(31)32)26-22(29)15-21-23(30)27(18-10-6-3-7-11-18)24(33-21)25-17-8-4-2-5-9-17/h2-14,21H,15H2,1H3,(H,26,29)/t21-/m1/s1. The molecule has 1 aliphatic rings. The van der Waals surface area contributed by atoms with Crippen LogP contribution in [0.25, 0.3) is 0 Å². The van der Waals surface area contributed by atoms with E-state index in [-0.39, 0.29) is 23.7 Å². The summed E-state index contributed by atoms with van der Waals surface area (Å²) in [6.45, 7) is 1.73. The molecule has 1 saturated heterocycles. The van der Waals surface area contributed by atoms with Gasteiger partial charge in [-0.15, -0.1) is 0 Å². The van der Waals surface area contributed by atoms with Crippen molar-refractivity contribution in [2.45, 2.75) is 18.6 Å². The Morgan fingerprint density at radius 1 is 1.09 bits per heavy atom. The van der Waals surface area contributed by atoms with Crippen molar-refractivity contribution < 1.29 is 14.5 Å². The summed E-state index contributed by atoms with van der Waals surface area (Å²) in [5.41, 5.74) is 1.97. The Kier molecular flexibility index (Phi) is 6.50. The van der Waals surface area contributed by atoms with E-state index in [4.69, 9.17) is 0 Å². The van der Waals surface area contributed by atoms with E-state index in [2.05, 4.69) is 10.3 Å². The molecule has 1 fully saturated rings. The normalized spacial score (nSPS) is 16.8. The number of nitro benzene ring substituents is 1. The minimum absolute atomic E-state index is 0.101. The number of nitro groups is 1. The van der Waals surface area contributed by atoms with Crippen LogP contribution in [0.3, 0.4) is 0 Å². The molecular formula is C24H20N4O4S. The Balaban J connectivity index is 1.57. The average molecular weight is 461 g/mol. The molecule has 8 nitrogen and oxygen atoms in total. The number of carbonyl (C=O) groups is 2. The minimum Gasteiger partial charge on any atom is -0.320 e. The minimum atomic E-state index is -0.711. The van der Waals surface area contributed by atoms with Crippen LogP contribution >= 0.6 is 11.8 Å². The van der Waals surface area contributed by atoms with Crippen molar-refractivity contribution >= 4 is 51.5 Å². The third-order valence-electron chi connectivity index (χ3n) is 4.92. The lowest BCUT2D eigenvalue weighted by molar-refractivity contribution is -0.384. The number of anilines is 2. The smallest absolute Gasteiger partial charge is 0.293 e. The molecule has 9 heteroatoms. The van der Waals surface area contributed by atoms with Crippen LogP contribution in [-0.4, -0.2) is 27.2 Å². The first-order chi connectivity index (χ1) is 15.9. The van der Waals surface area contributed by atoms with Crippen LogP contribution in [0.15, 0.2) is 83.9 Å². The highest BCUT2D eigenvalue weighted by Crippen LogP contribution is 2.35. The molecule has 3 aromatic rings. The zero-order valence-electron chi connectivity index (χ0n) is 17.7. The monoisotopic (exact) mass is 460 g/mol. The highest BCUT2D eigenvalue weighted by molar-refractivity contribution is 8.16. The molecule has 1 heterocycles. The first kappa shape index (κ1) is 22.2. The molecule has 1 aliphatic heterocycles. The van der Waals surface area contributed by atoms with Gasteiger partial charge in [-0.3, -0.25) is 24.6 Å². The number of carbonyl (C=O) groups excluding carboxylic acids is 2. The van der Waals surface area contributed by atoms with Gasteiger partial charge < -0.3 is 5.32 Å². The highest BCUT2D eigenvalue weighted by atomic mass is 32.2. The number of aliphatic imine (C=N–C) groups is 1. The molecule has 0 aliphatic carbocycles. The lowest BCUT2D eigenvalue weighted by Crippen LogP contribution is -2.33. The average Bonchev–Trinajstić information content (AvgIpc) is 3.10. The van der Waals surface area contributed by atoms with Crippen molar-refractivity contribution in [2.24, 2.45) is 4.99 Å².